The van der Waals surface area contributed by atoms with Gasteiger partial charge >= 0.3 is 0 Å². The number of halogens is 2. The van der Waals surface area contributed by atoms with Crippen molar-refractivity contribution in [1.82, 2.24) is 0 Å². The lowest BCUT2D eigenvalue weighted by atomic mass is 9.90. The molecule has 1 aromatic carbocycles. The first-order valence-electron chi connectivity index (χ1n) is 4.40. The highest BCUT2D eigenvalue weighted by atomic mass is 19.1. The van der Waals surface area contributed by atoms with Crippen molar-refractivity contribution < 1.29 is 13.5 Å². The van der Waals surface area contributed by atoms with Crippen LogP contribution in [0.4, 0.5) is 8.78 Å². The van der Waals surface area contributed by atoms with Crippen LogP contribution in [0.3, 0.4) is 0 Å². The molecule has 2 N–H and O–H groups in total. The minimum Gasteiger partial charge on any atom is -0.377 e. The summed E-state index contributed by atoms with van der Waals surface area (Å²) in [6, 6.07) is 3.54. The van der Waals surface area contributed by atoms with Crippen molar-refractivity contribution >= 4 is 0 Å². The standard InChI is InChI=1S/C10H11F2NO/c11-8-2-1-7(9(12)3-8)4-10(13)5-14-6-10/h1-3H,4-6,13H2. The third-order valence-corrected chi connectivity index (χ3v) is 2.34. The van der Waals surface area contributed by atoms with E-state index in [-0.39, 0.29) is 0 Å². The summed E-state index contributed by atoms with van der Waals surface area (Å²) in [7, 11) is 0. The zero-order valence-corrected chi connectivity index (χ0v) is 7.59. The number of ether oxygens (including phenoxy) is 1. The van der Waals surface area contributed by atoms with Crippen molar-refractivity contribution in [2.75, 3.05) is 13.2 Å². The number of benzene rings is 1. The molecule has 14 heavy (non-hydrogen) atoms. The molecule has 0 unspecified atom stereocenters. The van der Waals surface area contributed by atoms with E-state index in [1.807, 2.05) is 0 Å². The first-order valence-corrected chi connectivity index (χ1v) is 4.40. The van der Waals surface area contributed by atoms with Crippen molar-refractivity contribution in [2.24, 2.45) is 5.73 Å². The van der Waals surface area contributed by atoms with Crippen LogP contribution in [0.15, 0.2) is 18.2 Å². The topological polar surface area (TPSA) is 35.2 Å². The van der Waals surface area contributed by atoms with E-state index in [2.05, 4.69) is 0 Å². The van der Waals surface area contributed by atoms with Gasteiger partial charge in [-0.25, -0.2) is 8.78 Å². The van der Waals surface area contributed by atoms with E-state index in [1.54, 1.807) is 0 Å². The number of hydrogen-bond donors (Lipinski definition) is 1. The van der Waals surface area contributed by atoms with Gasteiger partial charge in [0.1, 0.15) is 11.6 Å². The van der Waals surface area contributed by atoms with Crippen LogP contribution in [0.2, 0.25) is 0 Å². The average Bonchev–Trinajstić information content (AvgIpc) is 2.07. The lowest BCUT2D eigenvalue weighted by molar-refractivity contribution is -0.0532. The van der Waals surface area contributed by atoms with Crippen LogP contribution in [-0.4, -0.2) is 18.8 Å². The lowest BCUT2D eigenvalue weighted by Gasteiger charge is -2.37. The molecule has 1 aliphatic heterocycles. The molecule has 76 valence electrons. The van der Waals surface area contributed by atoms with Crippen LogP contribution in [0.25, 0.3) is 0 Å². The number of rotatable bonds is 2. The Hall–Kier alpha value is -1.00. The summed E-state index contributed by atoms with van der Waals surface area (Å²) in [5.41, 5.74) is 5.82. The Labute approximate surface area is 80.7 Å². The second-order valence-corrected chi connectivity index (χ2v) is 3.77. The Morgan fingerprint density at radius 1 is 1.36 bits per heavy atom. The molecule has 0 atom stereocenters. The van der Waals surface area contributed by atoms with Crippen LogP contribution >= 0.6 is 0 Å². The van der Waals surface area contributed by atoms with Gasteiger partial charge in [-0.2, -0.15) is 0 Å². The monoisotopic (exact) mass is 199 g/mol. The van der Waals surface area contributed by atoms with Gasteiger partial charge in [-0.15, -0.1) is 0 Å². The molecule has 1 heterocycles. The maximum atomic E-state index is 13.2. The van der Waals surface area contributed by atoms with Crippen molar-refractivity contribution in [3.8, 4) is 0 Å². The second-order valence-electron chi connectivity index (χ2n) is 3.77. The van der Waals surface area contributed by atoms with Gasteiger partial charge in [-0.1, -0.05) is 6.07 Å². The van der Waals surface area contributed by atoms with E-state index in [0.717, 1.165) is 6.07 Å². The number of hydrogen-bond acceptors (Lipinski definition) is 2. The summed E-state index contributed by atoms with van der Waals surface area (Å²) in [6.07, 6.45) is 0.388. The predicted octanol–water partition coefficient (Wildman–Crippen LogP) is 1.24. The summed E-state index contributed by atoms with van der Waals surface area (Å²) in [6.45, 7) is 0.869. The summed E-state index contributed by atoms with van der Waals surface area (Å²) in [4.78, 5) is 0. The van der Waals surface area contributed by atoms with Gasteiger partial charge in [-0.05, 0) is 18.1 Å². The molecule has 0 amide bonds. The van der Waals surface area contributed by atoms with Crippen LogP contribution in [0, 0.1) is 11.6 Å². The highest BCUT2D eigenvalue weighted by molar-refractivity contribution is 5.21. The molecule has 1 saturated heterocycles. The van der Waals surface area contributed by atoms with E-state index < -0.39 is 17.2 Å². The third kappa shape index (κ3) is 1.76. The maximum Gasteiger partial charge on any atom is 0.129 e. The molecule has 0 aromatic heterocycles. The van der Waals surface area contributed by atoms with Gasteiger partial charge in [0.2, 0.25) is 0 Å². The van der Waals surface area contributed by atoms with Crippen molar-refractivity contribution in [3.63, 3.8) is 0 Å². The summed E-state index contributed by atoms with van der Waals surface area (Å²) >= 11 is 0. The van der Waals surface area contributed by atoms with E-state index in [0.29, 0.717) is 25.2 Å². The summed E-state index contributed by atoms with van der Waals surface area (Å²) < 4.78 is 30.7. The molecule has 2 nitrogen and oxygen atoms in total. The van der Waals surface area contributed by atoms with Crippen molar-refractivity contribution in [2.45, 2.75) is 12.0 Å². The second kappa shape index (κ2) is 3.29. The summed E-state index contributed by atoms with van der Waals surface area (Å²) in [5, 5.41) is 0. The normalized spacial score (nSPS) is 19.1. The fourth-order valence-electron chi connectivity index (χ4n) is 1.51. The van der Waals surface area contributed by atoms with Gasteiger partial charge in [0, 0.05) is 6.07 Å². The molecule has 0 saturated carbocycles. The molecule has 0 spiro atoms. The fraction of sp³-hybridized carbons (Fsp3) is 0.400. The van der Waals surface area contributed by atoms with Crippen molar-refractivity contribution in [3.05, 3.63) is 35.4 Å². The van der Waals surface area contributed by atoms with Gasteiger partial charge in [-0.3, -0.25) is 0 Å². The molecule has 2 rings (SSSR count). The average molecular weight is 199 g/mol. The quantitative estimate of drug-likeness (QED) is 0.777. The highest BCUT2D eigenvalue weighted by Gasteiger charge is 2.34. The number of nitrogens with two attached hydrogens (primary N) is 1. The molecule has 1 fully saturated rings. The van der Waals surface area contributed by atoms with Crippen LogP contribution in [0.1, 0.15) is 5.56 Å². The van der Waals surface area contributed by atoms with Gasteiger partial charge < -0.3 is 10.5 Å². The van der Waals surface area contributed by atoms with E-state index >= 15 is 0 Å². The molecule has 0 aliphatic carbocycles. The minimum atomic E-state index is -0.567. The Bertz CT molecular complexity index is 350. The Morgan fingerprint density at radius 2 is 2.07 bits per heavy atom. The van der Waals surface area contributed by atoms with E-state index in [9.17, 15) is 8.78 Å². The van der Waals surface area contributed by atoms with E-state index in [1.165, 1.54) is 12.1 Å². The molecule has 1 aromatic rings. The predicted molar refractivity (Wildman–Crippen MR) is 47.8 cm³/mol. The molecule has 1 aliphatic rings. The van der Waals surface area contributed by atoms with Gasteiger partial charge in [0.05, 0.1) is 18.8 Å². The van der Waals surface area contributed by atoms with Gasteiger partial charge in [0.15, 0.2) is 0 Å². The summed E-state index contributed by atoms with van der Waals surface area (Å²) in [5.74, 6) is -1.11. The first kappa shape index (κ1) is 9.55. The highest BCUT2D eigenvalue weighted by Crippen LogP contribution is 2.21. The van der Waals surface area contributed by atoms with Gasteiger partial charge in [0.25, 0.3) is 0 Å². The van der Waals surface area contributed by atoms with Crippen LogP contribution < -0.4 is 5.73 Å². The largest absolute Gasteiger partial charge is 0.377 e. The smallest absolute Gasteiger partial charge is 0.129 e. The Kier molecular flexibility index (Phi) is 2.25. The zero-order valence-electron chi connectivity index (χ0n) is 7.59. The molecule has 4 heteroatoms. The molecular formula is C10H11F2NO. The molecule has 0 bridgehead atoms. The van der Waals surface area contributed by atoms with Crippen LogP contribution in [0.5, 0.6) is 0 Å². The van der Waals surface area contributed by atoms with Crippen molar-refractivity contribution in [1.29, 1.82) is 0 Å². The zero-order chi connectivity index (χ0) is 10.2. The molecule has 0 radical (unpaired) electrons. The lowest BCUT2D eigenvalue weighted by Crippen LogP contribution is -2.59. The fourth-order valence-corrected chi connectivity index (χ4v) is 1.51. The first-order chi connectivity index (χ1) is 6.59. The third-order valence-electron chi connectivity index (χ3n) is 2.34. The Morgan fingerprint density at radius 3 is 2.57 bits per heavy atom. The van der Waals surface area contributed by atoms with Crippen LogP contribution in [-0.2, 0) is 11.2 Å². The Balaban J connectivity index is 2.16. The minimum absolute atomic E-state index is 0.388. The van der Waals surface area contributed by atoms with E-state index in [4.69, 9.17) is 10.5 Å². The maximum absolute atomic E-state index is 13.2. The SMILES string of the molecule is NC1(Cc2ccc(F)cc2F)COC1. The molecular weight excluding hydrogens is 188 g/mol.